The van der Waals surface area contributed by atoms with Crippen LogP contribution < -0.4 is 0 Å². The number of carbonyl (C=O) groups excluding carboxylic acids is 3. The Hall–Kier alpha value is -1.83. The van der Waals surface area contributed by atoms with Gasteiger partial charge in [-0.05, 0) is 6.92 Å². The maximum absolute atomic E-state index is 11.6. The van der Waals surface area contributed by atoms with Gasteiger partial charge in [-0.15, -0.1) is 0 Å². The predicted molar refractivity (Wildman–Crippen MR) is 89.8 cm³/mol. The molecule has 0 aromatic rings. The van der Waals surface area contributed by atoms with E-state index in [4.69, 9.17) is 28.4 Å². The topological polar surface area (TPSA) is 167 Å². The fourth-order valence-electron chi connectivity index (χ4n) is 3.19. The van der Waals surface area contributed by atoms with Gasteiger partial charge in [0.2, 0.25) is 0 Å². The quantitative estimate of drug-likeness (QED) is 0.329. The van der Waals surface area contributed by atoms with Gasteiger partial charge in [-0.1, -0.05) is 0 Å². The monoisotopic (exact) mass is 422 g/mol. The van der Waals surface area contributed by atoms with Crippen LogP contribution in [-0.2, 0) is 42.8 Å². The first-order valence-corrected chi connectivity index (χ1v) is 8.99. The van der Waals surface area contributed by atoms with Gasteiger partial charge in [0.1, 0.15) is 18.3 Å². The molecule has 2 aliphatic heterocycles. The zero-order chi connectivity index (χ0) is 21.9. The van der Waals surface area contributed by atoms with E-state index < -0.39 is 73.2 Å². The van der Waals surface area contributed by atoms with E-state index in [0.29, 0.717) is 0 Å². The highest BCUT2D eigenvalue weighted by Crippen LogP contribution is 2.31. The zero-order valence-electron chi connectivity index (χ0n) is 16.4. The number of rotatable bonds is 5. The third kappa shape index (κ3) is 5.84. The molecule has 0 amide bonds. The Morgan fingerprint density at radius 1 is 0.828 bits per heavy atom. The van der Waals surface area contributed by atoms with Crippen molar-refractivity contribution >= 4 is 17.9 Å². The molecule has 0 unspecified atom stereocenters. The lowest BCUT2D eigenvalue weighted by Gasteiger charge is -2.45. The van der Waals surface area contributed by atoms with Crippen molar-refractivity contribution in [1.82, 2.24) is 0 Å². The zero-order valence-corrected chi connectivity index (χ0v) is 16.4. The second-order valence-electron chi connectivity index (χ2n) is 6.81. The molecular weight excluding hydrogens is 396 g/mol. The Morgan fingerprint density at radius 3 is 1.90 bits per heavy atom. The minimum Gasteiger partial charge on any atom is -0.456 e. The molecule has 0 radical (unpaired) electrons. The van der Waals surface area contributed by atoms with E-state index in [-0.39, 0.29) is 6.61 Å². The van der Waals surface area contributed by atoms with Crippen molar-refractivity contribution in [1.29, 1.82) is 0 Å². The number of ether oxygens (including phenoxy) is 6. The van der Waals surface area contributed by atoms with Crippen molar-refractivity contribution in [3.05, 3.63) is 0 Å². The van der Waals surface area contributed by atoms with E-state index in [1.165, 1.54) is 6.92 Å². The summed E-state index contributed by atoms with van der Waals surface area (Å²) in [5.41, 5.74) is 0. The van der Waals surface area contributed by atoms with Gasteiger partial charge in [0, 0.05) is 20.8 Å². The summed E-state index contributed by atoms with van der Waals surface area (Å²) < 4.78 is 31.7. The van der Waals surface area contributed by atoms with Crippen LogP contribution in [0.2, 0.25) is 0 Å². The first-order valence-electron chi connectivity index (χ1n) is 8.99. The molecule has 0 aromatic heterocycles. The first kappa shape index (κ1) is 23.4. The lowest BCUT2D eigenvalue weighted by Crippen LogP contribution is -2.64. The average Bonchev–Trinajstić information content (AvgIpc) is 2.60. The fraction of sp³-hybridized carbons (Fsp3) is 0.824. The van der Waals surface area contributed by atoms with Crippen LogP contribution in [-0.4, -0.2) is 95.1 Å². The largest absolute Gasteiger partial charge is 0.456 e. The molecule has 2 fully saturated rings. The maximum Gasteiger partial charge on any atom is 0.303 e. The van der Waals surface area contributed by atoms with Crippen LogP contribution >= 0.6 is 0 Å². The van der Waals surface area contributed by atoms with Crippen LogP contribution in [0.25, 0.3) is 0 Å². The summed E-state index contributed by atoms with van der Waals surface area (Å²) in [7, 11) is 0. The average molecular weight is 422 g/mol. The minimum atomic E-state index is -1.63. The molecule has 2 aliphatic rings. The van der Waals surface area contributed by atoms with E-state index in [1.54, 1.807) is 0 Å². The smallest absolute Gasteiger partial charge is 0.303 e. The second kappa shape index (κ2) is 9.78. The fourth-order valence-corrected chi connectivity index (χ4v) is 3.19. The molecule has 0 saturated carbocycles. The summed E-state index contributed by atoms with van der Waals surface area (Å²) in [4.78, 5) is 34.7. The van der Waals surface area contributed by atoms with Gasteiger partial charge in [-0.25, -0.2) is 0 Å². The normalized spacial score (nSPS) is 40.0. The molecule has 2 heterocycles. The first-order chi connectivity index (χ1) is 13.5. The third-order valence-corrected chi connectivity index (χ3v) is 4.37. The van der Waals surface area contributed by atoms with Gasteiger partial charge in [0.15, 0.2) is 30.9 Å². The number of hydrogen-bond donors (Lipinski definition) is 3. The van der Waals surface area contributed by atoms with Gasteiger partial charge in [0.25, 0.3) is 0 Å². The van der Waals surface area contributed by atoms with E-state index in [1.807, 2.05) is 0 Å². The highest BCUT2D eigenvalue weighted by Gasteiger charge is 2.53. The van der Waals surface area contributed by atoms with Crippen LogP contribution in [0.1, 0.15) is 27.7 Å². The molecule has 3 N–H and O–H groups in total. The standard InChI is InChI=1S/C17H26O12/c1-6-12(26-7(2)18)14(27-8(3)19)15(28-9(4)20)17(25-6)29-13-10(21)5-24-16(23)11(13)22/h6,10-17,21-23H,5H2,1-4H3/t6-,10-,11+,12+,13-,14+,15-,16+,17+/m0/s1. The lowest BCUT2D eigenvalue weighted by atomic mass is 9.98. The maximum atomic E-state index is 11.6. The number of carbonyl (C=O) groups is 3. The molecule has 2 rings (SSSR count). The minimum absolute atomic E-state index is 0.327. The highest BCUT2D eigenvalue weighted by molar-refractivity contribution is 5.68. The molecule has 12 heteroatoms. The third-order valence-electron chi connectivity index (χ3n) is 4.37. The molecule has 2 saturated heterocycles. The van der Waals surface area contributed by atoms with E-state index in [2.05, 4.69) is 0 Å². The Kier molecular flexibility index (Phi) is 7.91. The molecular formula is C17H26O12. The Morgan fingerprint density at radius 2 is 1.34 bits per heavy atom. The highest BCUT2D eigenvalue weighted by atomic mass is 16.7. The van der Waals surface area contributed by atoms with E-state index in [0.717, 1.165) is 20.8 Å². The van der Waals surface area contributed by atoms with Crippen molar-refractivity contribution in [2.45, 2.75) is 83.0 Å². The van der Waals surface area contributed by atoms with Crippen LogP contribution in [0.3, 0.4) is 0 Å². The molecule has 0 aliphatic carbocycles. The summed E-state index contributed by atoms with van der Waals surface area (Å²) in [6.45, 7) is 4.55. The molecule has 9 atom stereocenters. The van der Waals surface area contributed by atoms with Gasteiger partial charge in [-0.3, -0.25) is 14.4 Å². The number of esters is 3. The van der Waals surface area contributed by atoms with Crippen molar-refractivity contribution in [3.8, 4) is 0 Å². The molecule has 0 aromatic carbocycles. The summed E-state index contributed by atoms with van der Waals surface area (Å²) in [5.74, 6) is -2.19. The lowest BCUT2D eigenvalue weighted by molar-refractivity contribution is -0.343. The van der Waals surface area contributed by atoms with Gasteiger partial charge in [-0.2, -0.15) is 0 Å². The van der Waals surface area contributed by atoms with Crippen LogP contribution in [0.4, 0.5) is 0 Å². The summed E-state index contributed by atoms with van der Waals surface area (Å²) in [5, 5.41) is 29.8. The van der Waals surface area contributed by atoms with E-state index in [9.17, 15) is 29.7 Å². The van der Waals surface area contributed by atoms with Crippen molar-refractivity contribution in [3.63, 3.8) is 0 Å². The number of aliphatic hydroxyl groups excluding tert-OH is 3. The van der Waals surface area contributed by atoms with Gasteiger partial charge < -0.3 is 43.7 Å². The summed E-state index contributed by atoms with van der Waals surface area (Å²) >= 11 is 0. The summed E-state index contributed by atoms with van der Waals surface area (Å²) in [6, 6.07) is 0. The Balaban J connectivity index is 2.32. The molecule has 0 bridgehead atoms. The van der Waals surface area contributed by atoms with Crippen molar-refractivity contribution in [2.75, 3.05) is 6.61 Å². The summed E-state index contributed by atoms with van der Waals surface area (Å²) in [6.07, 6.45) is -12.0. The van der Waals surface area contributed by atoms with Crippen molar-refractivity contribution < 1.29 is 58.1 Å². The van der Waals surface area contributed by atoms with Crippen molar-refractivity contribution in [2.24, 2.45) is 0 Å². The predicted octanol–water partition coefficient (Wildman–Crippen LogP) is -2.02. The molecule has 166 valence electrons. The van der Waals surface area contributed by atoms with E-state index >= 15 is 0 Å². The molecule has 0 spiro atoms. The van der Waals surface area contributed by atoms with Gasteiger partial charge in [0.05, 0.1) is 12.7 Å². The second-order valence-corrected chi connectivity index (χ2v) is 6.81. The number of hydrogen-bond acceptors (Lipinski definition) is 12. The number of aliphatic hydroxyl groups is 3. The van der Waals surface area contributed by atoms with Crippen LogP contribution in [0, 0.1) is 0 Å². The molecule has 12 nitrogen and oxygen atoms in total. The van der Waals surface area contributed by atoms with Gasteiger partial charge >= 0.3 is 17.9 Å². The van der Waals surface area contributed by atoms with Crippen LogP contribution in [0.15, 0.2) is 0 Å². The molecule has 29 heavy (non-hydrogen) atoms. The Bertz CT molecular complexity index is 609. The Labute approximate surface area is 166 Å². The van der Waals surface area contributed by atoms with Crippen LogP contribution in [0.5, 0.6) is 0 Å². The SMILES string of the molecule is CC(=O)O[C@H]1[C@H](OC(C)=O)[C@@H](O[C@@H]2[C@@H](O)[C@H](O)OC[C@@H]2O)O[C@@H](C)[C@H]1OC(C)=O.